The molecule has 0 heterocycles. The summed E-state index contributed by atoms with van der Waals surface area (Å²) in [6.07, 6.45) is 13.2. The Bertz CT molecular complexity index is 303. The number of hydrogen-bond donors (Lipinski definition) is 0. The first kappa shape index (κ1) is 22.5. The van der Waals surface area contributed by atoms with Gasteiger partial charge in [0, 0.05) is 17.9 Å². The van der Waals surface area contributed by atoms with Gasteiger partial charge in [-0.25, -0.2) is 0 Å². The van der Waals surface area contributed by atoms with Crippen molar-refractivity contribution in [1.82, 2.24) is 0 Å². The molecule has 5 heteroatoms. The first-order valence-corrected chi connectivity index (χ1v) is 7.65. The van der Waals surface area contributed by atoms with Crippen molar-refractivity contribution in [2.24, 2.45) is 5.92 Å². The van der Waals surface area contributed by atoms with Gasteiger partial charge in [0.15, 0.2) is 0 Å². The molecule has 0 spiro atoms. The maximum atomic E-state index is 10.7. The summed E-state index contributed by atoms with van der Waals surface area (Å²) in [6, 6.07) is 0. The fraction of sp³-hybridized carbons (Fsp3) is 0.750. The zero-order valence-corrected chi connectivity index (χ0v) is 13.7. The van der Waals surface area contributed by atoms with Crippen LogP contribution in [0.2, 0.25) is 0 Å². The summed E-state index contributed by atoms with van der Waals surface area (Å²) in [4.78, 5) is 21.0. The van der Waals surface area contributed by atoms with E-state index in [2.05, 4.69) is 6.92 Å². The molecule has 0 aromatic rings. The largest absolute Gasteiger partial charge is 2.00 e. The minimum atomic E-state index is -1.36. The number of hydrogen-bond acceptors (Lipinski definition) is 4. The van der Waals surface area contributed by atoms with E-state index in [1.54, 1.807) is 6.08 Å². The van der Waals surface area contributed by atoms with E-state index in [-0.39, 0.29) is 16.5 Å². The molecule has 0 rings (SSSR count). The second kappa shape index (κ2) is 15.6. The summed E-state index contributed by atoms with van der Waals surface area (Å²) in [6.45, 7) is 2.20. The number of rotatable bonds is 13. The standard InChI is InChI=1S/C16H28O4.Ni/c1-2-3-4-5-6-7-8-9-10-11-12-14(16(19)20)13-15(17)18;/h11-12,14H,2-10,13H2,1H3,(H,17,18)(H,19,20);/q;+2/p-2. The molecule has 1 unspecified atom stereocenters. The smallest absolute Gasteiger partial charge is 0.550 e. The van der Waals surface area contributed by atoms with Gasteiger partial charge in [0.1, 0.15) is 0 Å². The van der Waals surface area contributed by atoms with Gasteiger partial charge >= 0.3 is 16.5 Å². The maximum Gasteiger partial charge on any atom is 2.00 e. The molecular formula is C16H26NiO4. The van der Waals surface area contributed by atoms with E-state index in [0.29, 0.717) is 0 Å². The summed E-state index contributed by atoms with van der Waals surface area (Å²) in [5.74, 6) is -3.80. The molecule has 0 aliphatic carbocycles. The molecule has 1 atom stereocenters. The number of carbonyl (C=O) groups excluding carboxylic acids is 2. The number of aliphatic carboxylic acids is 2. The monoisotopic (exact) mass is 340 g/mol. The minimum Gasteiger partial charge on any atom is -0.550 e. The van der Waals surface area contributed by atoms with Crippen LogP contribution >= 0.6 is 0 Å². The number of allylic oxidation sites excluding steroid dienone is 1. The Balaban J connectivity index is 0. The van der Waals surface area contributed by atoms with Crippen molar-refractivity contribution in [1.29, 1.82) is 0 Å². The van der Waals surface area contributed by atoms with E-state index in [1.807, 2.05) is 0 Å². The zero-order chi connectivity index (χ0) is 15.2. The van der Waals surface area contributed by atoms with Crippen molar-refractivity contribution < 1.29 is 36.3 Å². The Morgan fingerprint density at radius 2 is 1.48 bits per heavy atom. The summed E-state index contributed by atoms with van der Waals surface area (Å²) >= 11 is 0. The minimum absolute atomic E-state index is 0. The maximum absolute atomic E-state index is 10.7. The molecule has 0 aromatic heterocycles. The van der Waals surface area contributed by atoms with Crippen molar-refractivity contribution in [2.75, 3.05) is 0 Å². The van der Waals surface area contributed by atoms with E-state index in [0.717, 1.165) is 19.3 Å². The molecule has 21 heavy (non-hydrogen) atoms. The fourth-order valence-corrected chi connectivity index (χ4v) is 2.07. The molecule has 0 aliphatic rings. The van der Waals surface area contributed by atoms with E-state index >= 15 is 0 Å². The van der Waals surface area contributed by atoms with Crippen LogP contribution in [-0.2, 0) is 26.1 Å². The van der Waals surface area contributed by atoms with Gasteiger partial charge in [0.05, 0.1) is 0 Å². The van der Waals surface area contributed by atoms with Gasteiger partial charge in [-0.15, -0.1) is 0 Å². The molecule has 124 valence electrons. The average molecular weight is 341 g/mol. The number of carboxylic acid groups (broad SMARTS) is 2. The molecule has 0 fully saturated rings. The van der Waals surface area contributed by atoms with Crippen LogP contribution in [0.5, 0.6) is 0 Å². The van der Waals surface area contributed by atoms with Crippen LogP contribution in [-0.4, -0.2) is 11.9 Å². The molecule has 0 bridgehead atoms. The Kier molecular flexibility index (Phi) is 16.6. The van der Waals surface area contributed by atoms with E-state index in [9.17, 15) is 19.8 Å². The summed E-state index contributed by atoms with van der Waals surface area (Å²) in [5, 5.41) is 21.0. The molecular weight excluding hydrogens is 315 g/mol. The van der Waals surface area contributed by atoms with Gasteiger partial charge < -0.3 is 19.8 Å². The topological polar surface area (TPSA) is 80.3 Å². The second-order valence-electron chi connectivity index (χ2n) is 5.19. The zero-order valence-electron chi connectivity index (χ0n) is 12.8. The molecule has 0 saturated heterocycles. The third-order valence-corrected chi connectivity index (χ3v) is 3.28. The van der Waals surface area contributed by atoms with Crippen molar-refractivity contribution >= 4 is 11.9 Å². The van der Waals surface area contributed by atoms with Crippen LogP contribution in [0.15, 0.2) is 12.2 Å². The third-order valence-electron chi connectivity index (χ3n) is 3.28. The van der Waals surface area contributed by atoms with E-state index in [1.165, 1.54) is 44.6 Å². The van der Waals surface area contributed by atoms with Crippen molar-refractivity contribution in [2.45, 2.75) is 71.1 Å². The van der Waals surface area contributed by atoms with Crippen LogP contribution in [0.3, 0.4) is 0 Å². The Morgan fingerprint density at radius 3 is 1.95 bits per heavy atom. The predicted molar refractivity (Wildman–Crippen MR) is 74.5 cm³/mol. The van der Waals surface area contributed by atoms with Crippen LogP contribution in [0, 0.1) is 5.92 Å². The van der Waals surface area contributed by atoms with Crippen molar-refractivity contribution in [3.8, 4) is 0 Å². The Labute approximate surface area is 137 Å². The van der Waals surface area contributed by atoms with Crippen molar-refractivity contribution in [3.05, 3.63) is 12.2 Å². The fourth-order valence-electron chi connectivity index (χ4n) is 2.07. The average Bonchev–Trinajstić information content (AvgIpc) is 2.39. The Morgan fingerprint density at radius 1 is 0.952 bits per heavy atom. The molecule has 0 saturated carbocycles. The van der Waals surface area contributed by atoms with Crippen LogP contribution in [0.4, 0.5) is 0 Å². The number of carboxylic acids is 2. The first-order valence-electron chi connectivity index (χ1n) is 7.65. The number of carbonyl (C=O) groups is 2. The molecule has 0 N–H and O–H groups in total. The van der Waals surface area contributed by atoms with Gasteiger partial charge in [0.25, 0.3) is 0 Å². The molecule has 0 aliphatic heterocycles. The van der Waals surface area contributed by atoms with Gasteiger partial charge in [-0.3, -0.25) is 0 Å². The quantitative estimate of drug-likeness (QED) is 0.289. The van der Waals surface area contributed by atoms with Crippen LogP contribution in [0.1, 0.15) is 71.1 Å². The molecule has 0 radical (unpaired) electrons. The van der Waals surface area contributed by atoms with Crippen molar-refractivity contribution in [3.63, 3.8) is 0 Å². The SMILES string of the molecule is CCCCCCCCCCC=CC(CC(=O)[O-])C(=O)[O-].[Ni+2]. The van der Waals surface area contributed by atoms with Gasteiger partial charge in [0.2, 0.25) is 0 Å². The Hall–Kier alpha value is -0.826. The van der Waals surface area contributed by atoms with Gasteiger partial charge in [-0.2, -0.15) is 0 Å². The summed E-state index contributed by atoms with van der Waals surface area (Å²) in [7, 11) is 0. The molecule has 4 nitrogen and oxygen atoms in total. The molecule has 0 amide bonds. The number of unbranched alkanes of at least 4 members (excludes halogenated alkanes) is 8. The third kappa shape index (κ3) is 15.4. The van der Waals surface area contributed by atoms with Crippen LogP contribution < -0.4 is 10.2 Å². The summed E-state index contributed by atoms with van der Waals surface area (Å²) in [5.41, 5.74) is 0. The van der Waals surface area contributed by atoms with E-state index in [4.69, 9.17) is 0 Å². The van der Waals surface area contributed by atoms with E-state index < -0.39 is 24.3 Å². The normalized spacial score (nSPS) is 12.0. The van der Waals surface area contributed by atoms with Gasteiger partial charge in [-0.1, -0.05) is 64.0 Å². The predicted octanol–water partition coefficient (Wildman–Crippen LogP) is 1.58. The van der Waals surface area contributed by atoms with Gasteiger partial charge in [-0.05, 0) is 19.3 Å². The second-order valence-corrected chi connectivity index (χ2v) is 5.19. The summed E-state index contributed by atoms with van der Waals surface area (Å²) < 4.78 is 0. The molecule has 0 aromatic carbocycles. The van der Waals surface area contributed by atoms with Crippen LogP contribution in [0.25, 0.3) is 0 Å². The first-order chi connectivity index (χ1) is 9.57.